The molecule has 7 heteroatoms. The van der Waals surface area contributed by atoms with E-state index < -0.39 is 5.91 Å². The van der Waals surface area contributed by atoms with E-state index in [0.29, 0.717) is 16.6 Å². The number of benzene rings is 2. The number of nitrogens with two attached hydrogens (primary N) is 1. The third-order valence-electron chi connectivity index (χ3n) is 3.97. The van der Waals surface area contributed by atoms with Crippen molar-refractivity contribution in [1.29, 1.82) is 0 Å². The fourth-order valence-electron chi connectivity index (χ4n) is 2.70. The van der Waals surface area contributed by atoms with Crippen LogP contribution < -0.4 is 11.3 Å². The number of H-pyrrole nitrogens is 1. The van der Waals surface area contributed by atoms with E-state index in [4.69, 9.17) is 5.73 Å². The number of fused-ring (bicyclic) bond motifs is 1. The van der Waals surface area contributed by atoms with Crippen LogP contribution in [0, 0.1) is 0 Å². The van der Waals surface area contributed by atoms with E-state index in [1.54, 1.807) is 16.9 Å². The highest BCUT2D eigenvalue weighted by molar-refractivity contribution is 5.94. The lowest BCUT2D eigenvalue weighted by molar-refractivity contribution is 0.100. The van der Waals surface area contributed by atoms with Gasteiger partial charge in [0, 0.05) is 17.1 Å². The Labute approximate surface area is 141 Å². The molecule has 2 heterocycles. The number of nitrogens with one attached hydrogen (secondary N) is 1. The lowest BCUT2D eigenvalue weighted by atomic mass is 10.0. The molecule has 0 saturated heterocycles. The number of hydrogen-bond donors (Lipinski definition) is 2. The van der Waals surface area contributed by atoms with Gasteiger partial charge in [0.2, 0.25) is 0 Å². The summed E-state index contributed by atoms with van der Waals surface area (Å²) in [6.07, 6.45) is 3.00. The Morgan fingerprint density at radius 3 is 2.44 bits per heavy atom. The van der Waals surface area contributed by atoms with Crippen LogP contribution >= 0.6 is 0 Å². The summed E-state index contributed by atoms with van der Waals surface area (Å²) in [6, 6.07) is 14.8. The first-order valence-electron chi connectivity index (χ1n) is 7.56. The molecule has 2 aromatic heterocycles. The Kier molecular flexibility index (Phi) is 3.39. The standard InChI is InChI=1S/C18H13N5O2/c19-17(24)12-9-20-23(10-12)13-7-5-11(6-8-13)16-14-3-1-2-4-15(14)18(25)22-21-16/h1-10H,(H2,19,24)(H,22,25). The van der Waals surface area contributed by atoms with Crippen molar-refractivity contribution in [2.24, 2.45) is 5.73 Å². The molecule has 0 aliphatic carbocycles. The molecule has 2 aromatic carbocycles. The van der Waals surface area contributed by atoms with E-state index in [2.05, 4.69) is 15.3 Å². The number of carbonyl (C=O) groups excluding carboxylic acids is 1. The monoisotopic (exact) mass is 331 g/mol. The molecule has 0 unspecified atom stereocenters. The zero-order valence-corrected chi connectivity index (χ0v) is 13.0. The molecule has 3 N–H and O–H groups in total. The molecule has 7 nitrogen and oxygen atoms in total. The molecular formula is C18H13N5O2. The third kappa shape index (κ3) is 2.57. The molecule has 4 rings (SSSR count). The summed E-state index contributed by atoms with van der Waals surface area (Å²) in [7, 11) is 0. The van der Waals surface area contributed by atoms with E-state index >= 15 is 0 Å². The molecular weight excluding hydrogens is 318 g/mol. The van der Waals surface area contributed by atoms with Gasteiger partial charge in [0.1, 0.15) is 0 Å². The first-order chi connectivity index (χ1) is 12.1. The van der Waals surface area contributed by atoms with Gasteiger partial charge in [-0.3, -0.25) is 9.59 Å². The molecule has 0 bridgehead atoms. The molecule has 0 aliphatic rings. The Hall–Kier alpha value is -3.74. The van der Waals surface area contributed by atoms with Gasteiger partial charge in [0.15, 0.2) is 0 Å². The van der Waals surface area contributed by atoms with Gasteiger partial charge in [-0.25, -0.2) is 9.78 Å². The number of primary amides is 1. The van der Waals surface area contributed by atoms with Crippen molar-refractivity contribution in [3.05, 3.63) is 76.8 Å². The zero-order valence-electron chi connectivity index (χ0n) is 13.0. The summed E-state index contributed by atoms with van der Waals surface area (Å²) in [6.45, 7) is 0. The fourth-order valence-corrected chi connectivity index (χ4v) is 2.70. The zero-order chi connectivity index (χ0) is 17.4. The van der Waals surface area contributed by atoms with Crippen molar-refractivity contribution in [1.82, 2.24) is 20.0 Å². The predicted molar refractivity (Wildman–Crippen MR) is 93.4 cm³/mol. The van der Waals surface area contributed by atoms with Crippen LogP contribution in [0.3, 0.4) is 0 Å². The number of hydrogen-bond acceptors (Lipinski definition) is 4. The molecule has 0 radical (unpaired) electrons. The van der Waals surface area contributed by atoms with Gasteiger partial charge in [-0.05, 0) is 18.2 Å². The molecule has 0 saturated carbocycles. The average molecular weight is 331 g/mol. The predicted octanol–water partition coefficient (Wildman–Crippen LogP) is 1.87. The number of nitrogens with zero attached hydrogens (tertiary/aromatic N) is 3. The highest BCUT2D eigenvalue weighted by Gasteiger charge is 2.09. The number of aromatic amines is 1. The number of aromatic nitrogens is 4. The molecule has 0 aliphatic heterocycles. The number of amides is 1. The van der Waals surface area contributed by atoms with E-state index in [1.807, 2.05) is 42.5 Å². The van der Waals surface area contributed by atoms with Gasteiger partial charge in [0.25, 0.3) is 11.5 Å². The average Bonchev–Trinajstić information content (AvgIpc) is 3.13. The molecule has 122 valence electrons. The third-order valence-corrected chi connectivity index (χ3v) is 3.97. The highest BCUT2D eigenvalue weighted by atomic mass is 16.1. The van der Waals surface area contributed by atoms with Gasteiger partial charge in [-0.15, -0.1) is 0 Å². The second-order valence-corrected chi connectivity index (χ2v) is 5.53. The normalized spacial score (nSPS) is 10.9. The van der Waals surface area contributed by atoms with Gasteiger partial charge < -0.3 is 5.73 Å². The van der Waals surface area contributed by atoms with Crippen LogP contribution in [0.15, 0.2) is 65.7 Å². The summed E-state index contributed by atoms with van der Waals surface area (Å²) in [5, 5.41) is 12.2. The Morgan fingerprint density at radius 1 is 1.04 bits per heavy atom. The molecule has 4 aromatic rings. The number of rotatable bonds is 3. The van der Waals surface area contributed by atoms with Crippen molar-refractivity contribution in [3.63, 3.8) is 0 Å². The lowest BCUT2D eigenvalue weighted by Crippen LogP contribution is -2.09. The summed E-state index contributed by atoms with van der Waals surface area (Å²) in [5.74, 6) is -0.522. The van der Waals surface area contributed by atoms with E-state index in [0.717, 1.165) is 16.6 Å². The smallest absolute Gasteiger partial charge is 0.272 e. The molecule has 1 amide bonds. The van der Waals surface area contributed by atoms with Crippen LogP contribution in [0.4, 0.5) is 0 Å². The van der Waals surface area contributed by atoms with E-state index in [9.17, 15) is 9.59 Å². The first-order valence-corrected chi connectivity index (χ1v) is 7.56. The van der Waals surface area contributed by atoms with Gasteiger partial charge in [-0.1, -0.05) is 30.3 Å². The fraction of sp³-hybridized carbons (Fsp3) is 0. The first kappa shape index (κ1) is 14.8. The number of carbonyl (C=O) groups is 1. The van der Waals surface area contributed by atoms with Crippen LogP contribution in [0.1, 0.15) is 10.4 Å². The summed E-state index contributed by atoms with van der Waals surface area (Å²) >= 11 is 0. The topological polar surface area (TPSA) is 107 Å². The Morgan fingerprint density at radius 2 is 1.76 bits per heavy atom. The maximum Gasteiger partial charge on any atom is 0.272 e. The van der Waals surface area contributed by atoms with Crippen molar-refractivity contribution in [2.45, 2.75) is 0 Å². The van der Waals surface area contributed by atoms with Crippen LogP contribution in [-0.2, 0) is 0 Å². The second kappa shape index (κ2) is 5.72. The summed E-state index contributed by atoms with van der Waals surface area (Å²) in [4.78, 5) is 23.1. The molecule has 25 heavy (non-hydrogen) atoms. The van der Waals surface area contributed by atoms with Crippen LogP contribution in [0.5, 0.6) is 0 Å². The minimum Gasteiger partial charge on any atom is -0.366 e. The van der Waals surface area contributed by atoms with Crippen LogP contribution in [0.2, 0.25) is 0 Å². The van der Waals surface area contributed by atoms with Crippen molar-refractivity contribution in [3.8, 4) is 16.9 Å². The van der Waals surface area contributed by atoms with Crippen LogP contribution in [0.25, 0.3) is 27.7 Å². The van der Waals surface area contributed by atoms with E-state index in [-0.39, 0.29) is 5.56 Å². The van der Waals surface area contributed by atoms with Crippen molar-refractivity contribution < 1.29 is 4.79 Å². The Bertz CT molecular complexity index is 1140. The Balaban J connectivity index is 1.77. The van der Waals surface area contributed by atoms with Crippen LogP contribution in [-0.4, -0.2) is 25.9 Å². The molecule has 0 spiro atoms. The van der Waals surface area contributed by atoms with Crippen molar-refractivity contribution in [2.75, 3.05) is 0 Å². The van der Waals surface area contributed by atoms with Gasteiger partial charge in [0.05, 0.1) is 28.5 Å². The van der Waals surface area contributed by atoms with Gasteiger partial charge in [-0.2, -0.15) is 10.2 Å². The van der Waals surface area contributed by atoms with Crippen molar-refractivity contribution >= 4 is 16.7 Å². The molecule has 0 fully saturated rings. The van der Waals surface area contributed by atoms with E-state index in [1.165, 1.54) is 6.20 Å². The maximum absolute atomic E-state index is 11.9. The van der Waals surface area contributed by atoms with Gasteiger partial charge >= 0.3 is 0 Å². The SMILES string of the molecule is NC(=O)c1cnn(-c2ccc(-c3n[nH]c(=O)c4ccccc34)cc2)c1. The molecule has 0 atom stereocenters. The summed E-state index contributed by atoms with van der Waals surface area (Å²) in [5.41, 5.74) is 7.71. The highest BCUT2D eigenvalue weighted by Crippen LogP contribution is 2.25. The second-order valence-electron chi connectivity index (χ2n) is 5.53. The maximum atomic E-state index is 11.9. The lowest BCUT2D eigenvalue weighted by Gasteiger charge is -2.06. The summed E-state index contributed by atoms with van der Waals surface area (Å²) < 4.78 is 1.57. The minimum absolute atomic E-state index is 0.216. The minimum atomic E-state index is -0.522. The largest absolute Gasteiger partial charge is 0.366 e. The quantitative estimate of drug-likeness (QED) is 0.597.